The molecule has 0 aliphatic heterocycles. The second-order valence-electron chi connectivity index (χ2n) is 5.19. The Morgan fingerprint density at radius 2 is 2.13 bits per heavy atom. The van der Waals surface area contributed by atoms with Crippen molar-refractivity contribution in [1.82, 2.24) is 24.9 Å². The number of hydrogen-bond donors (Lipinski definition) is 2. The SMILES string of the molecule is Cc1nn(CCNC(=O)c2cnn(C(C)C(=O)O)c2)c(C)c1Cl. The van der Waals surface area contributed by atoms with E-state index in [0.29, 0.717) is 23.7 Å². The van der Waals surface area contributed by atoms with E-state index in [9.17, 15) is 9.59 Å². The molecule has 1 amide bonds. The summed E-state index contributed by atoms with van der Waals surface area (Å²) in [6, 6.07) is -0.826. The third-order valence-electron chi connectivity index (χ3n) is 3.52. The highest BCUT2D eigenvalue weighted by molar-refractivity contribution is 6.31. The average molecular weight is 340 g/mol. The van der Waals surface area contributed by atoms with Crippen LogP contribution in [0.2, 0.25) is 5.02 Å². The van der Waals surface area contributed by atoms with Crippen molar-refractivity contribution < 1.29 is 14.7 Å². The van der Waals surface area contributed by atoms with E-state index in [1.165, 1.54) is 24.0 Å². The molecule has 2 rings (SSSR count). The highest BCUT2D eigenvalue weighted by Crippen LogP contribution is 2.18. The predicted octanol–water partition coefficient (Wildman–Crippen LogP) is 1.43. The number of carbonyl (C=O) groups excluding carboxylic acids is 1. The van der Waals surface area contributed by atoms with Gasteiger partial charge in [0.1, 0.15) is 6.04 Å². The van der Waals surface area contributed by atoms with Gasteiger partial charge in [-0.15, -0.1) is 0 Å². The van der Waals surface area contributed by atoms with Gasteiger partial charge in [0.2, 0.25) is 0 Å². The molecule has 0 fully saturated rings. The molecule has 0 spiro atoms. The van der Waals surface area contributed by atoms with Crippen molar-refractivity contribution in [2.75, 3.05) is 6.54 Å². The maximum atomic E-state index is 12.0. The molecule has 0 bridgehead atoms. The predicted molar refractivity (Wildman–Crippen MR) is 83.6 cm³/mol. The van der Waals surface area contributed by atoms with Gasteiger partial charge < -0.3 is 10.4 Å². The smallest absolute Gasteiger partial charge is 0.328 e. The number of carboxylic acid groups (broad SMARTS) is 1. The van der Waals surface area contributed by atoms with Gasteiger partial charge >= 0.3 is 5.97 Å². The van der Waals surface area contributed by atoms with Crippen LogP contribution < -0.4 is 5.32 Å². The van der Waals surface area contributed by atoms with Crippen molar-refractivity contribution in [2.24, 2.45) is 0 Å². The van der Waals surface area contributed by atoms with Crippen LogP contribution in [0, 0.1) is 13.8 Å². The Morgan fingerprint density at radius 3 is 2.70 bits per heavy atom. The lowest BCUT2D eigenvalue weighted by Crippen LogP contribution is -2.27. The van der Waals surface area contributed by atoms with Crippen molar-refractivity contribution in [3.8, 4) is 0 Å². The van der Waals surface area contributed by atoms with Crippen molar-refractivity contribution in [3.05, 3.63) is 34.4 Å². The van der Waals surface area contributed by atoms with Crippen LogP contribution >= 0.6 is 11.6 Å². The zero-order valence-corrected chi connectivity index (χ0v) is 13.8. The van der Waals surface area contributed by atoms with Crippen molar-refractivity contribution in [1.29, 1.82) is 0 Å². The first kappa shape index (κ1) is 17.0. The number of aromatic nitrogens is 4. The Balaban J connectivity index is 1.92. The lowest BCUT2D eigenvalue weighted by molar-refractivity contribution is -0.140. The molecule has 1 unspecified atom stereocenters. The fourth-order valence-corrected chi connectivity index (χ4v) is 2.19. The Hall–Kier alpha value is -2.35. The summed E-state index contributed by atoms with van der Waals surface area (Å²) in [7, 11) is 0. The number of nitrogens with one attached hydrogen (secondary N) is 1. The van der Waals surface area contributed by atoms with Gasteiger partial charge in [0.25, 0.3) is 5.91 Å². The first-order valence-electron chi connectivity index (χ1n) is 7.06. The normalized spacial score (nSPS) is 12.2. The Labute approximate surface area is 138 Å². The van der Waals surface area contributed by atoms with Crippen LogP contribution in [0.4, 0.5) is 0 Å². The molecule has 9 heteroatoms. The van der Waals surface area contributed by atoms with Gasteiger partial charge in [-0.05, 0) is 20.8 Å². The summed E-state index contributed by atoms with van der Waals surface area (Å²) in [6.07, 6.45) is 2.75. The first-order chi connectivity index (χ1) is 10.8. The molecule has 0 aliphatic rings. The molecule has 124 valence electrons. The van der Waals surface area contributed by atoms with E-state index in [1.54, 1.807) is 4.68 Å². The summed E-state index contributed by atoms with van der Waals surface area (Å²) in [4.78, 5) is 22.9. The minimum Gasteiger partial charge on any atom is -0.480 e. The van der Waals surface area contributed by atoms with Gasteiger partial charge in [-0.3, -0.25) is 14.2 Å². The maximum absolute atomic E-state index is 12.0. The molecule has 2 heterocycles. The van der Waals surface area contributed by atoms with Crippen molar-refractivity contribution in [2.45, 2.75) is 33.4 Å². The fourth-order valence-electron chi connectivity index (χ4n) is 2.05. The van der Waals surface area contributed by atoms with Gasteiger partial charge in [0.05, 0.1) is 34.7 Å². The second-order valence-corrected chi connectivity index (χ2v) is 5.57. The fraction of sp³-hybridized carbons (Fsp3) is 0.429. The largest absolute Gasteiger partial charge is 0.480 e. The maximum Gasteiger partial charge on any atom is 0.328 e. The molecule has 2 aromatic rings. The number of aliphatic carboxylic acids is 1. The molecule has 2 aromatic heterocycles. The summed E-state index contributed by atoms with van der Waals surface area (Å²) in [6.45, 7) is 6.04. The molecule has 2 N–H and O–H groups in total. The lowest BCUT2D eigenvalue weighted by atomic mass is 10.3. The highest BCUT2D eigenvalue weighted by atomic mass is 35.5. The van der Waals surface area contributed by atoms with Gasteiger partial charge in [-0.25, -0.2) is 4.79 Å². The molecule has 0 aromatic carbocycles. The van der Waals surface area contributed by atoms with E-state index in [4.69, 9.17) is 16.7 Å². The number of hydrogen-bond acceptors (Lipinski definition) is 4. The van der Waals surface area contributed by atoms with Gasteiger partial charge in [-0.2, -0.15) is 10.2 Å². The third-order valence-corrected chi connectivity index (χ3v) is 4.07. The topological polar surface area (TPSA) is 102 Å². The van der Waals surface area contributed by atoms with E-state index >= 15 is 0 Å². The molecule has 23 heavy (non-hydrogen) atoms. The molecule has 0 saturated heterocycles. The zero-order valence-electron chi connectivity index (χ0n) is 13.1. The van der Waals surface area contributed by atoms with Gasteiger partial charge in [0.15, 0.2) is 0 Å². The van der Waals surface area contributed by atoms with Crippen LogP contribution in [0.15, 0.2) is 12.4 Å². The standard InChI is InChI=1S/C14H18ClN5O3/c1-8-12(15)9(2)19(18-8)5-4-16-13(21)11-6-17-20(7-11)10(3)14(22)23/h6-7,10H,4-5H2,1-3H3,(H,16,21)(H,22,23). The number of halogens is 1. The quantitative estimate of drug-likeness (QED) is 0.828. The number of carbonyl (C=O) groups is 2. The first-order valence-corrected chi connectivity index (χ1v) is 7.43. The Bertz CT molecular complexity index is 737. The number of aryl methyl sites for hydroxylation is 1. The average Bonchev–Trinajstić information content (AvgIpc) is 3.08. The minimum absolute atomic E-state index is 0.310. The molecule has 0 radical (unpaired) electrons. The van der Waals surface area contributed by atoms with Crippen molar-refractivity contribution in [3.63, 3.8) is 0 Å². The molecular formula is C14H18ClN5O3. The van der Waals surface area contributed by atoms with Crippen LogP contribution in [-0.4, -0.2) is 43.1 Å². The van der Waals surface area contributed by atoms with Crippen LogP contribution in [-0.2, 0) is 11.3 Å². The van der Waals surface area contributed by atoms with E-state index in [-0.39, 0.29) is 5.91 Å². The van der Waals surface area contributed by atoms with Gasteiger partial charge in [-0.1, -0.05) is 11.6 Å². The van der Waals surface area contributed by atoms with Crippen molar-refractivity contribution >= 4 is 23.5 Å². The van der Waals surface area contributed by atoms with E-state index in [2.05, 4.69) is 15.5 Å². The summed E-state index contributed by atoms with van der Waals surface area (Å²) in [5.74, 6) is -1.33. The minimum atomic E-state index is -1.01. The number of carboxylic acids is 1. The van der Waals surface area contributed by atoms with E-state index in [1.807, 2.05) is 13.8 Å². The third kappa shape index (κ3) is 3.70. The Morgan fingerprint density at radius 1 is 1.43 bits per heavy atom. The Kier molecular flexibility index (Phi) is 5.05. The summed E-state index contributed by atoms with van der Waals surface area (Å²) < 4.78 is 2.96. The van der Waals surface area contributed by atoms with Crippen LogP contribution in [0.5, 0.6) is 0 Å². The summed E-state index contributed by atoms with van der Waals surface area (Å²) in [5.41, 5.74) is 1.91. The second kappa shape index (κ2) is 6.82. The molecule has 1 atom stereocenters. The summed E-state index contributed by atoms with van der Waals surface area (Å²) in [5, 5.41) is 20.5. The van der Waals surface area contributed by atoms with Crippen LogP contribution in [0.1, 0.15) is 34.7 Å². The number of nitrogens with zero attached hydrogens (tertiary/aromatic N) is 4. The van der Waals surface area contributed by atoms with E-state index < -0.39 is 12.0 Å². The molecule has 0 aliphatic carbocycles. The monoisotopic (exact) mass is 339 g/mol. The zero-order chi connectivity index (χ0) is 17.1. The van der Waals surface area contributed by atoms with Crippen LogP contribution in [0.25, 0.3) is 0 Å². The molecule has 8 nitrogen and oxygen atoms in total. The number of rotatable bonds is 6. The molecular weight excluding hydrogens is 322 g/mol. The number of amides is 1. The van der Waals surface area contributed by atoms with Crippen LogP contribution in [0.3, 0.4) is 0 Å². The highest BCUT2D eigenvalue weighted by Gasteiger charge is 2.16. The van der Waals surface area contributed by atoms with E-state index in [0.717, 1.165) is 11.4 Å². The molecule has 0 saturated carbocycles. The lowest BCUT2D eigenvalue weighted by Gasteiger charge is -2.06. The van der Waals surface area contributed by atoms with Gasteiger partial charge in [0, 0.05) is 12.7 Å². The summed E-state index contributed by atoms with van der Waals surface area (Å²) >= 11 is 6.06.